The first-order valence-electron chi connectivity index (χ1n) is 11.4. The molecule has 4 heteroatoms. The molecule has 4 aromatic carbocycles. The maximum absolute atomic E-state index is 13.8. The lowest BCUT2D eigenvalue weighted by molar-refractivity contribution is 0.106. The van der Waals surface area contributed by atoms with Crippen molar-refractivity contribution in [2.75, 3.05) is 0 Å². The summed E-state index contributed by atoms with van der Waals surface area (Å²) in [6.45, 7) is 8.19. The molecular weight excluding hydrogens is 435 g/mol. The molecule has 0 unspecified atom stereocenters. The molecule has 0 aliphatic heterocycles. The Hall–Kier alpha value is -3.55. The van der Waals surface area contributed by atoms with E-state index in [0.717, 1.165) is 33.0 Å². The van der Waals surface area contributed by atoms with Gasteiger partial charge in [0.05, 0.1) is 13.8 Å². The Morgan fingerprint density at radius 3 is 1.68 bits per heavy atom. The van der Waals surface area contributed by atoms with E-state index in [2.05, 4.69) is 48.4 Å². The van der Waals surface area contributed by atoms with E-state index in [1.165, 1.54) is 5.56 Å². The molecule has 4 aromatic rings. The zero-order chi connectivity index (χ0) is 24.1. The van der Waals surface area contributed by atoms with E-state index in [0.29, 0.717) is 11.4 Å². The molecule has 0 aromatic heterocycles. The molecule has 0 fully saturated rings. The lowest BCUT2D eigenvalue weighted by atomic mass is 10.0. The fourth-order valence-corrected chi connectivity index (χ4v) is 5.83. The molecule has 34 heavy (non-hydrogen) atoms. The molecule has 0 aliphatic carbocycles. The molecule has 4 rings (SSSR count). The predicted molar refractivity (Wildman–Crippen MR) is 145 cm³/mol. The molecule has 0 heterocycles. The molecule has 170 valence electrons. The summed E-state index contributed by atoms with van der Waals surface area (Å²) in [5.74, 6) is 0.247. The first kappa shape index (κ1) is 23.6. The summed E-state index contributed by atoms with van der Waals surface area (Å²) in [5, 5.41) is 5.84. The number of amidine groups is 1. The molecule has 0 saturated carbocycles. The highest BCUT2D eigenvalue weighted by Crippen LogP contribution is 2.31. The number of nitrogens with zero attached hydrogens (tertiary/aromatic N) is 1. The highest BCUT2D eigenvalue weighted by Gasteiger charge is 2.22. The first-order valence-corrected chi connectivity index (χ1v) is 12.7. The summed E-state index contributed by atoms with van der Waals surface area (Å²) in [6, 6.07) is 32.4. The van der Waals surface area contributed by atoms with Gasteiger partial charge in [-0.05, 0) is 38.8 Å². The number of carbonyl (C=O) groups is 1. The average molecular weight is 465 g/mol. The number of aliphatic imine (C=N–C) groups is 1. The quantitative estimate of drug-likeness (QED) is 0.154. The molecule has 3 nitrogen and oxygen atoms in total. The summed E-state index contributed by atoms with van der Waals surface area (Å²) in [5.41, 5.74) is 5.86. The van der Waals surface area contributed by atoms with Crippen LogP contribution in [0.5, 0.6) is 0 Å². The van der Waals surface area contributed by atoms with Gasteiger partial charge in [-0.25, -0.2) is 4.99 Å². The number of ketones is 1. The first-order chi connectivity index (χ1) is 16.4. The number of hydrogen-bond donors (Lipinski definition) is 1. The van der Waals surface area contributed by atoms with E-state index in [9.17, 15) is 4.79 Å². The molecule has 0 amide bonds. The lowest BCUT2D eigenvalue weighted by Gasteiger charge is -2.22. The van der Waals surface area contributed by atoms with Gasteiger partial charge in [0, 0.05) is 16.2 Å². The van der Waals surface area contributed by atoms with Crippen LogP contribution in [0.15, 0.2) is 102 Å². The summed E-state index contributed by atoms with van der Waals surface area (Å²) in [6.07, 6.45) is 0. The van der Waals surface area contributed by atoms with Gasteiger partial charge in [-0.3, -0.25) is 4.79 Å². The van der Waals surface area contributed by atoms with Crippen molar-refractivity contribution >= 4 is 36.0 Å². The number of rotatable bonds is 6. The third kappa shape index (κ3) is 5.50. The Morgan fingerprint density at radius 1 is 0.676 bits per heavy atom. The van der Waals surface area contributed by atoms with Crippen LogP contribution in [0.25, 0.3) is 0 Å². The zero-order valence-corrected chi connectivity index (χ0v) is 20.9. The van der Waals surface area contributed by atoms with E-state index in [1.807, 2.05) is 81.4 Å². The molecule has 0 bridgehead atoms. The largest absolute Gasteiger partial charge is 0.338 e. The van der Waals surface area contributed by atoms with Gasteiger partial charge >= 0.3 is 0 Å². The van der Waals surface area contributed by atoms with Gasteiger partial charge in [0.25, 0.3) is 0 Å². The summed E-state index contributed by atoms with van der Waals surface area (Å²) in [4.78, 5) is 18.7. The van der Waals surface area contributed by atoms with E-state index < -0.39 is 8.07 Å². The Kier molecular flexibility index (Phi) is 7.35. The van der Waals surface area contributed by atoms with Gasteiger partial charge in [-0.1, -0.05) is 108 Å². The second-order valence-corrected chi connectivity index (χ2v) is 10.4. The van der Waals surface area contributed by atoms with Crippen molar-refractivity contribution in [3.8, 4) is 0 Å². The standard InChI is InChI=1S/C30H29N2OP/c1-21-15-17-25(18-16-21)29(33)30(31-28-23(3)19-22(2)20-24(28)4)32-34(26-11-7-5-8-12-26)27-13-9-6-10-14-27/h5-20H,1-4H3,(H,31,32). The van der Waals surface area contributed by atoms with Gasteiger partial charge < -0.3 is 5.09 Å². The second kappa shape index (κ2) is 10.6. The van der Waals surface area contributed by atoms with Crippen LogP contribution in [0, 0.1) is 27.7 Å². The Balaban J connectivity index is 1.84. The molecule has 0 atom stereocenters. The summed E-state index contributed by atoms with van der Waals surface area (Å²) in [7, 11) is -1.04. The third-order valence-corrected chi connectivity index (χ3v) is 7.70. The van der Waals surface area contributed by atoms with E-state index >= 15 is 0 Å². The average Bonchev–Trinajstić information content (AvgIpc) is 2.84. The number of carbonyl (C=O) groups excluding carboxylic acids is 1. The zero-order valence-electron chi connectivity index (χ0n) is 20.0. The Labute approximate surface area is 203 Å². The molecular formula is C30H29N2OP. The Bertz CT molecular complexity index is 1250. The van der Waals surface area contributed by atoms with Crippen molar-refractivity contribution in [1.29, 1.82) is 0 Å². The third-order valence-electron chi connectivity index (χ3n) is 5.63. The molecule has 0 aliphatic rings. The monoisotopic (exact) mass is 464 g/mol. The van der Waals surface area contributed by atoms with Crippen LogP contribution in [-0.4, -0.2) is 11.6 Å². The molecule has 0 spiro atoms. The van der Waals surface area contributed by atoms with Gasteiger partial charge in [-0.2, -0.15) is 0 Å². The van der Waals surface area contributed by atoms with Crippen LogP contribution in [0.2, 0.25) is 0 Å². The number of aryl methyl sites for hydroxylation is 4. The smallest absolute Gasteiger partial charge is 0.228 e. The normalized spacial score (nSPS) is 11.5. The van der Waals surface area contributed by atoms with Crippen LogP contribution in [0.3, 0.4) is 0 Å². The van der Waals surface area contributed by atoms with Gasteiger partial charge in [0.15, 0.2) is 5.84 Å². The van der Waals surface area contributed by atoms with Gasteiger partial charge in [0.1, 0.15) is 0 Å². The minimum atomic E-state index is -1.04. The van der Waals surface area contributed by atoms with Crippen LogP contribution < -0.4 is 15.7 Å². The van der Waals surface area contributed by atoms with Crippen LogP contribution in [0.4, 0.5) is 5.69 Å². The summed E-state index contributed by atoms with van der Waals surface area (Å²) >= 11 is 0. The fraction of sp³-hybridized carbons (Fsp3) is 0.133. The fourth-order valence-electron chi connectivity index (χ4n) is 3.97. The topological polar surface area (TPSA) is 41.5 Å². The second-order valence-electron chi connectivity index (χ2n) is 8.52. The van der Waals surface area contributed by atoms with E-state index in [4.69, 9.17) is 4.99 Å². The van der Waals surface area contributed by atoms with Crippen molar-refractivity contribution in [1.82, 2.24) is 5.09 Å². The molecule has 0 radical (unpaired) electrons. The van der Waals surface area contributed by atoms with Crippen molar-refractivity contribution in [2.45, 2.75) is 27.7 Å². The number of nitrogens with one attached hydrogen (secondary N) is 1. The van der Waals surface area contributed by atoms with E-state index in [1.54, 1.807) is 0 Å². The van der Waals surface area contributed by atoms with Gasteiger partial charge in [-0.15, -0.1) is 0 Å². The maximum Gasteiger partial charge on any atom is 0.228 e. The molecule has 0 saturated heterocycles. The number of benzene rings is 4. The van der Waals surface area contributed by atoms with E-state index in [-0.39, 0.29) is 5.78 Å². The van der Waals surface area contributed by atoms with Crippen LogP contribution >= 0.6 is 8.07 Å². The minimum Gasteiger partial charge on any atom is -0.338 e. The Morgan fingerprint density at radius 2 is 1.18 bits per heavy atom. The number of Topliss-reactive ketones (excluding diaryl/α,β-unsaturated/α-hetero) is 1. The predicted octanol–water partition coefficient (Wildman–Crippen LogP) is 6.47. The maximum atomic E-state index is 13.8. The SMILES string of the molecule is Cc1ccc(C(=O)C(=Nc2c(C)cc(C)cc2C)NP(c2ccccc2)c2ccccc2)cc1. The lowest BCUT2D eigenvalue weighted by Crippen LogP contribution is -2.33. The minimum absolute atomic E-state index is 0.112. The summed E-state index contributed by atoms with van der Waals surface area (Å²) < 4.78 is 0. The highest BCUT2D eigenvalue weighted by molar-refractivity contribution is 7.71. The van der Waals surface area contributed by atoms with Crippen molar-refractivity contribution in [3.05, 3.63) is 125 Å². The van der Waals surface area contributed by atoms with Crippen molar-refractivity contribution in [2.24, 2.45) is 4.99 Å². The molecule has 1 N–H and O–H groups in total. The van der Waals surface area contributed by atoms with Crippen molar-refractivity contribution < 1.29 is 4.79 Å². The van der Waals surface area contributed by atoms with Crippen LogP contribution in [-0.2, 0) is 0 Å². The number of hydrogen-bond acceptors (Lipinski definition) is 2. The van der Waals surface area contributed by atoms with Crippen LogP contribution in [0.1, 0.15) is 32.6 Å². The van der Waals surface area contributed by atoms with Gasteiger partial charge in [0.2, 0.25) is 5.78 Å². The van der Waals surface area contributed by atoms with Crippen molar-refractivity contribution in [3.63, 3.8) is 0 Å². The highest BCUT2D eigenvalue weighted by atomic mass is 31.1.